The third-order valence-corrected chi connectivity index (χ3v) is 4.49. The van der Waals surface area contributed by atoms with Crippen LogP contribution in [0.25, 0.3) is 0 Å². The van der Waals surface area contributed by atoms with Crippen LogP contribution in [0.1, 0.15) is 28.4 Å². The third kappa shape index (κ3) is 4.86. The first-order valence-electron chi connectivity index (χ1n) is 7.77. The average molecular weight is 343 g/mol. The molecule has 1 N–H and O–H groups in total. The zero-order valence-corrected chi connectivity index (χ0v) is 14.9. The second-order valence-corrected chi connectivity index (χ2v) is 6.66. The fourth-order valence-electron chi connectivity index (χ4n) is 2.14. The fourth-order valence-corrected chi connectivity index (χ4v) is 2.93. The number of rotatable bonds is 6. The van der Waals surface area contributed by atoms with Crippen LogP contribution in [0.15, 0.2) is 47.4 Å². The molecule has 0 aliphatic carbocycles. The predicted octanol–water partition coefficient (Wildman–Crippen LogP) is 4.21. The van der Waals surface area contributed by atoms with Crippen molar-refractivity contribution < 1.29 is 14.3 Å². The van der Waals surface area contributed by atoms with Gasteiger partial charge in [-0.05, 0) is 55.0 Å². The lowest BCUT2D eigenvalue weighted by Gasteiger charge is -2.10. The van der Waals surface area contributed by atoms with E-state index in [1.54, 1.807) is 23.9 Å². The maximum absolute atomic E-state index is 12.2. The number of carbonyl (C=O) groups excluding carboxylic acids is 2. The van der Waals surface area contributed by atoms with Crippen LogP contribution in [0.5, 0.6) is 0 Å². The van der Waals surface area contributed by atoms with Crippen molar-refractivity contribution in [2.24, 2.45) is 0 Å². The molecule has 0 aliphatic heterocycles. The lowest BCUT2D eigenvalue weighted by molar-refractivity contribution is -0.119. The van der Waals surface area contributed by atoms with E-state index in [2.05, 4.69) is 5.32 Å². The van der Waals surface area contributed by atoms with Crippen LogP contribution in [-0.4, -0.2) is 24.2 Å². The number of thioether (sulfide) groups is 1. The quantitative estimate of drug-likeness (QED) is 0.630. The van der Waals surface area contributed by atoms with Gasteiger partial charge in [-0.1, -0.05) is 25.1 Å². The molecule has 126 valence electrons. The Morgan fingerprint density at radius 3 is 2.54 bits per heavy atom. The first kappa shape index (κ1) is 18.1. The summed E-state index contributed by atoms with van der Waals surface area (Å²) in [5.74, 6) is 0.0198. The molecule has 0 radical (unpaired) electrons. The standard InChI is InChI=1S/C19H21NO3S/c1-4-24-17-8-6-5-7-16(17)19(22)23-12-18(21)20-15-10-9-13(2)14(3)11-15/h5-11H,4,12H2,1-3H3,(H,20,21). The van der Waals surface area contributed by atoms with Crippen LogP contribution < -0.4 is 5.32 Å². The van der Waals surface area contributed by atoms with Crippen LogP contribution in [0.2, 0.25) is 0 Å². The summed E-state index contributed by atoms with van der Waals surface area (Å²) >= 11 is 1.57. The van der Waals surface area contributed by atoms with E-state index in [0.29, 0.717) is 11.3 Å². The lowest BCUT2D eigenvalue weighted by Crippen LogP contribution is -2.21. The Kier molecular flexibility index (Phi) is 6.44. The number of hydrogen-bond acceptors (Lipinski definition) is 4. The van der Waals surface area contributed by atoms with Gasteiger partial charge < -0.3 is 10.1 Å². The zero-order chi connectivity index (χ0) is 17.5. The van der Waals surface area contributed by atoms with Gasteiger partial charge in [-0.3, -0.25) is 4.79 Å². The van der Waals surface area contributed by atoms with E-state index in [1.165, 1.54) is 0 Å². The van der Waals surface area contributed by atoms with Crippen molar-refractivity contribution >= 4 is 29.3 Å². The highest BCUT2D eigenvalue weighted by Gasteiger charge is 2.14. The van der Waals surface area contributed by atoms with Crippen molar-refractivity contribution in [2.75, 3.05) is 17.7 Å². The van der Waals surface area contributed by atoms with Crippen molar-refractivity contribution in [3.63, 3.8) is 0 Å². The molecule has 0 saturated carbocycles. The van der Waals surface area contributed by atoms with E-state index in [4.69, 9.17) is 4.74 Å². The molecule has 0 heterocycles. The molecule has 2 rings (SSSR count). The topological polar surface area (TPSA) is 55.4 Å². The zero-order valence-electron chi connectivity index (χ0n) is 14.1. The molecule has 0 aromatic heterocycles. The number of ether oxygens (including phenoxy) is 1. The largest absolute Gasteiger partial charge is 0.452 e. The van der Waals surface area contributed by atoms with Gasteiger partial charge in [0.25, 0.3) is 5.91 Å². The van der Waals surface area contributed by atoms with E-state index in [0.717, 1.165) is 21.8 Å². The monoisotopic (exact) mass is 343 g/mol. The van der Waals surface area contributed by atoms with E-state index < -0.39 is 5.97 Å². The summed E-state index contributed by atoms with van der Waals surface area (Å²) in [6.45, 7) is 5.70. The van der Waals surface area contributed by atoms with Crippen LogP contribution in [0, 0.1) is 13.8 Å². The fraction of sp³-hybridized carbons (Fsp3) is 0.263. The first-order valence-corrected chi connectivity index (χ1v) is 8.76. The van der Waals surface area contributed by atoms with Gasteiger partial charge in [0.05, 0.1) is 5.56 Å². The summed E-state index contributed by atoms with van der Waals surface area (Å²) < 4.78 is 5.14. The van der Waals surface area contributed by atoms with Crippen LogP contribution in [0.4, 0.5) is 5.69 Å². The van der Waals surface area contributed by atoms with Crippen molar-refractivity contribution in [1.82, 2.24) is 0 Å². The molecule has 0 unspecified atom stereocenters. The smallest absolute Gasteiger partial charge is 0.339 e. The molecular weight excluding hydrogens is 322 g/mol. The second-order valence-electron chi connectivity index (χ2n) is 5.35. The molecule has 0 saturated heterocycles. The Labute approximate surface area is 146 Å². The molecular formula is C19H21NO3S. The molecule has 2 aromatic carbocycles. The van der Waals surface area contributed by atoms with Gasteiger partial charge >= 0.3 is 5.97 Å². The van der Waals surface area contributed by atoms with E-state index in [9.17, 15) is 9.59 Å². The van der Waals surface area contributed by atoms with Crippen LogP contribution in [0.3, 0.4) is 0 Å². The summed E-state index contributed by atoms with van der Waals surface area (Å²) in [6.07, 6.45) is 0. The highest BCUT2D eigenvalue weighted by molar-refractivity contribution is 7.99. The van der Waals surface area contributed by atoms with Gasteiger partial charge in [0.1, 0.15) is 0 Å². The van der Waals surface area contributed by atoms with Crippen molar-refractivity contribution in [3.05, 3.63) is 59.2 Å². The van der Waals surface area contributed by atoms with Crippen LogP contribution >= 0.6 is 11.8 Å². The van der Waals surface area contributed by atoms with E-state index in [-0.39, 0.29) is 12.5 Å². The van der Waals surface area contributed by atoms with Gasteiger partial charge in [0.15, 0.2) is 6.61 Å². The van der Waals surface area contributed by atoms with Gasteiger partial charge in [-0.2, -0.15) is 0 Å². The summed E-state index contributed by atoms with van der Waals surface area (Å²) in [5, 5.41) is 2.74. The number of esters is 1. The Morgan fingerprint density at radius 2 is 1.83 bits per heavy atom. The number of benzene rings is 2. The number of amides is 1. The van der Waals surface area contributed by atoms with Gasteiger partial charge in [-0.15, -0.1) is 11.8 Å². The Morgan fingerprint density at radius 1 is 1.08 bits per heavy atom. The maximum Gasteiger partial charge on any atom is 0.339 e. The molecule has 0 aliphatic rings. The number of carbonyl (C=O) groups is 2. The normalized spacial score (nSPS) is 10.3. The van der Waals surface area contributed by atoms with Gasteiger partial charge in [0, 0.05) is 10.6 Å². The lowest BCUT2D eigenvalue weighted by atomic mass is 10.1. The molecule has 24 heavy (non-hydrogen) atoms. The molecule has 5 heteroatoms. The number of anilines is 1. The molecule has 0 atom stereocenters. The van der Waals surface area contributed by atoms with Crippen molar-refractivity contribution in [1.29, 1.82) is 0 Å². The van der Waals surface area contributed by atoms with Crippen molar-refractivity contribution in [3.8, 4) is 0 Å². The molecule has 1 amide bonds. The van der Waals surface area contributed by atoms with E-state index in [1.807, 2.05) is 51.1 Å². The third-order valence-electron chi connectivity index (χ3n) is 3.53. The highest BCUT2D eigenvalue weighted by atomic mass is 32.2. The predicted molar refractivity (Wildman–Crippen MR) is 97.7 cm³/mol. The maximum atomic E-state index is 12.2. The number of nitrogens with one attached hydrogen (secondary N) is 1. The van der Waals surface area contributed by atoms with Crippen LogP contribution in [-0.2, 0) is 9.53 Å². The Bertz CT molecular complexity index is 743. The summed E-state index contributed by atoms with van der Waals surface area (Å²) in [7, 11) is 0. The van der Waals surface area contributed by atoms with E-state index >= 15 is 0 Å². The number of hydrogen-bond donors (Lipinski definition) is 1. The SMILES string of the molecule is CCSc1ccccc1C(=O)OCC(=O)Nc1ccc(C)c(C)c1. The minimum atomic E-state index is -0.484. The molecule has 2 aromatic rings. The number of aryl methyl sites for hydroxylation is 2. The van der Waals surface area contributed by atoms with Gasteiger partial charge in [-0.25, -0.2) is 4.79 Å². The second kappa shape index (κ2) is 8.55. The molecule has 0 bridgehead atoms. The minimum absolute atomic E-state index is 0.309. The molecule has 4 nitrogen and oxygen atoms in total. The average Bonchev–Trinajstić information content (AvgIpc) is 2.57. The summed E-state index contributed by atoms with van der Waals surface area (Å²) in [6, 6.07) is 12.9. The molecule has 0 fully saturated rings. The molecule has 0 spiro atoms. The highest BCUT2D eigenvalue weighted by Crippen LogP contribution is 2.22. The first-order chi connectivity index (χ1) is 11.5. The van der Waals surface area contributed by atoms with Crippen molar-refractivity contribution in [2.45, 2.75) is 25.7 Å². The Balaban J connectivity index is 1.94. The Hall–Kier alpha value is -2.27. The summed E-state index contributed by atoms with van der Waals surface area (Å²) in [5.41, 5.74) is 3.43. The van der Waals surface area contributed by atoms with Gasteiger partial charge in [0.2, 0.25) is 0 Å². The minimum Gasteiger partial charge on any atom is -0.452 e. The summed E-state index contributed by atoms with van der Waals surface area (Å²) in [4.78, 5) is 25.0.